The SMILES string of the molecule is C=C(C)C(=O)OCOC(=O)OC1CCCC2(CCCC(C)C2)C1. The molecule has 0 radical (unpaired) electrons. The zero-order valence-electron chi connectivity index (χ0n) is 14.3. The van der Waals surface area contributed by atoms with E-state index in [4.69, 9.17) is 14.2 Å². The number of hydrogen-bond acceptors (Lipinski definition) is 5. The van der Waals surface area contributed by atoms with E-state index in [1.54, 1.807) is 0 Å². The maximum absolute atomic E-state index is 11.7. The Morgan fingerprint density at radius 1 is 1.13 bits per heavy atom. The predicted octanol–water partition coefficient (Wildman–Crippen LogP) is 4.36. The van der Waals surface area contributed by atoms with Crippen LogP contribution in [0.5, 0.6) is 0 Å². The molecule has 0 N–H and O–H groups in total. The summed E-state index contributed by atoms with van der Waals surface area (Å²) >= 11 is 0. The first-order valence-electron chi connectivity index (χ1n) is 8.56. The minimum Gasteiger partial charge on any atom is -0.431 e. The highest BCUT2D eigenvalue weighted by Gasteiger charge is 2.40. The van der Waals surface area contributed by atoms with Gasteiger partial charge in [0.25, 0.3) is 0 Å². The summed E-state index contributed by atoms with van der Waals surface area (Å²) in [5.41, 5.74) is 0.607. The molecule has 0 saturated heterocycles. The van der Waals surface area contributed by atoms with E-state index in [2.05, 4.69) is 13.5 Å². The third kappa shape index (κ3) is 5.26. The summed E-state index contributed by atoms with van der Waals surface area (Å²) in [5.74, 6) is 0.182. The molecule has 5 heteroatoms. The van der Waals surface area contributed by atoms with Crippen molar-refractivity contribution in [2.45, 2.75) is 71.3 Å². The summed E-state index contributed by atoms with van der Waals surface area (Å²) in [5, 5.41) is 0. The lowest BCUT2D eigenvalue weighted by molar-refractivity contribution is -0.149. The van der Waals surface area contributed by atoms with Crippen LogP contribution >= 0.6 is 0 Å². The molecule has 5 nitrogen and oxygen atoms in total. The van der Waals surface area contributed by atoms with Crippen molar-refractivity contribution in [1.29, 1.82) is 0 Å². The molecule has 1 spiro atoms. The van der Waals surface area contributed by atoms with Crippen molar-refractivity contribution >= 4 is 12.1 Å². The van der Waals surface area contributed by atoms with E-state index < -0.39 is 18.9 Å². The van der Waals surface area contributed by atoms with E-state index in [-0.39, 0.29) is 11.7 Å². The highest BCUT2D eigenvalue weighted by atomic mass is 16.8. The van der Waals surface area contributed by atoms with E-state index in [9.17, 15) is 9.59 Å². The molecule has 0 aromatic rings. The maximum atomic E-state index is 11.7. The molecule has 0 bridgehead atoms. The summed E-state index contributed by atoms with van der Waals surface area (Å²) in [6, 6.07) is 0. The van der Waals surface area contributed by atoms with Crippen LogP contribution in [0.2, 0.25) is 0 Å². The van der Waals surface area contributed by atoms with Crippen molar-refractivity contribution in [2.24, 2.45) is 11.3 Å². The Hall–Kier alpha value is -1.52. The molecule has 2 aliphatic carbocycles. The Morgan fingerprint density at radius 3 is 2.48 bits per heavy atom. The van der Waals surface area contributed by atoms with Gasteiger partial charge in [-0.3, -0.25) is 0 Å². The van der Waals surface area contributed by atoms with Gasteiger partial charge in [-0.05, 0) is 56.8 Å². The van der Waals surface area contributed by atoms with Crippen molar-refractivity contribution in [2.75, 3.05) is 6.79 Å². The molecule has 0 aliphatic heterocycles. The molecule has 0 aromatic carbocycles. The largest absolute Gasteiger partial charge is 0.511 e. The van der Waals surface area contributed by atoms with Gasteiger partial charge in [0.15, 0.2) is 0 Å². The lowest BCUT2D eigenvalue weighted by Gasteiger charge is -2.45. The van der Waals surface area contributed by atoms with Crippen LogP contribution in [-0.4, -0.2) is 25.0 Å². The number of hydrogen-bond donors (Lipinski definition) is 0. The van der Waals surface area contributed by atoms with E-state index in [1.807, 2.05) is 0 Å². The van der Waals surface area contributed by atoms with E-state index in [0.717, 1.165) is 25.2 Å². The lowest BCUT2D eigenvalue weighted by Crippen LogP contribution is -2.37. The summed E-state index contributed by atoms with van der Waals surface area (Å²) in [4.78, 5) is 22.9. The van der Waals surface area contributed by atoms with Gasteiger partial charge in [-0.15, -0.1) is 0 Å². The van der Waals surface area contributed by atoms with Gasteiger partial charge in [0.05, 0.1) is 0 Å². The van der Waals surface area contributed by atoms with Crippen molar-refractivity contribution in [3.05, 3.63) is 12.2 Å². The van der Waals surface area contributed by atoms with Gasteiger partial charge in [-0.1, -0.05) is 26.3 Å². The zero-order chi connectivity index (χ0) is 16.9. The Labute approximate surface area is 138 Å². The molecule has 0 heterocycles. The third-order valence-electron chi connectivity index (χ3n) is 5.06. The zero-order valence-corrected chi connectivity index (χ0v) is 14.3. The first kappa shape index (κ1) is 17.8. The van der Waals surface area contributed by atoms with Crippen LogP contribution < -0.4 is 0 Å². The van der Waals surface area contributed by atoms with E-state index >= 15 is 0 Å². The average Bonchev–Trinajstić information content (AvgIpc) is 2.46. The number of carbonyl (C=O) groups excluding carboxylic acids is 2. The summed E-state index contributed by atoms with van der Waals surface area (Å²) < 4.78 is 15.0. The third-order valence-corrected chi connectivity index (χ3v) is 5.06. The van der Waals surface area contributed by atoms with Crippen LogP contribution in [0, 0.1) is 11.3 Å². The smallest absolute Gasteiger partial charge is 0.431 e. The standard InChI is InChI=1S/C18H28O5/c1-13(2)16(19)21-12-22-17(20)23-15-7-5-9-18(11-15)8-4-6-14(3)10-18/h14-15H,1,4-12H2,2-3H3. The molecule has 23 heavy (non-hydrogen) atoms. The van der Waals surface area contributed by atoms with Gasteiger partial charge in [-0.25, -0.2) is 9.59 Å². The van der Waals surface area contributed by atoms with E-state index in [0.29, 0.717) is 5.41 Å². The van der Waals surface area contributed by atoms with Crippen molar-refractivity contribution < 1.29 is 23.8 Å². The Kier molecular flexibility index (Phi) is 6.08. The molecule has 3 atom stereocenters. The van der Waals surface area contributed by atoms with Crippen LogP contribution in [0.1, 0.15) is 65.2 Å². The van der Waals surface area contributed by atoms with Gasteiger partial charge in [0.1, 0.15) is 6.10 Å². The van der Waals surface area contributed by atoms with Crippen molar-refractivity contribution in [3.63, 3.8) is 0 Å². The van der Waals surface area contributed by atoms with Crippen LogP contribution in [-0.2, 0) is 19.0 Å². The minimum atomic E-state index is -0.759. The van der Waals surface area contributed by atoms with Crippen LogP contribution in [0.25, 0.3) is 0 Å². The predicted molar refractivity (Wildman–Crippen MR) is 85.7 cm³/mol. The molecule has 0 amide bonds. The normalized spacial score (nSPS) is 30.5. The molecular weight excluding hydrogens is 296 g/mol. The molecule has 130 valence electrons. The highest BCUT2D eigenvalue weighted by molar-refractivity contribution is 5.86. The summed E-state index contributed by atoms with van der Waals surface area (Å²) in [6.07, 6.45) is 8.36. The second kappa shape index (κ2) is 7.84. The van der Waals surface area contributed by atoms with Gasteiger partial charge in [0, 0.05) is 5.57 Å². The maximum Gasteiger partial charge on any atom is 0.511 e. The van der Waals surface area contributed by atoms with Crippen LogP contribution in [0.3, 0.4) is 0 Å². The van der Waals surface area contributed by atoms with Crippen molar-refractivity contribution in [1.82, 2.24) is 0 Å². The average molecular weight is 324 g/mol. The molecule has 2 aliphatic rings. The fourth-order valence-corrected chi connectivity index (χ4v) is 4.10. The topological polar surface area (TPSA) is 61.8 Å². The summed E-state index contributed by atoms with van der Waals surface area (Å²) in [7, 11) is 0. The molecule has 0 aromatic heterocycles. The van der Waals surface area contributed by atoms with Gasteiger partial charge in [-0.2, -0.15) is 0 Å². The molecular formula is C18H28O5. The van der Waals surface area contributed by atoms with Gasteiger partial charge < -0.3 is 14.2 Å². The molecule has 2 fully saturated rings. The van der Waals surface area contributed by atoms with Crippen LogP contribution in [0.4, 0.5) is 4.79 Å². The Balaban J connectivity index is 1.75. The summed E-state index contributed by atoms with van der Waals surface area (Å²) in [6.45, 7) is 6.87. The molecule has 2 rings (SSSR count). The van der Waals surface area contributed by atoms with Gasteiger partial charge in [0.2, 0.25) is 6.79 Å². The Bertz CT molecular complexity index is 454. The number of carbonyl (C=O) groups is 2. The fraction of sp³-hybridized carbons (Fsp3) is 0.778. The van der Waals surface area contributed by atoms with Crippen LogP contribution in [0.15, 0.2) is 12.2 Å². The first-order chi connectivity index (χ1) is 10.9. The van der Waals surface area contributed by atoms with E-state index in [1.165, 1.54) is 39.0 Å². The van der Waals surface area contributed by atoms with Gasteiger partial charge >= 0.3 is 12.1 Å². The highest BCUT2D eigenvalue weighted by Crippen LogP contribution is 2.49. The monoisotopic (exact) mass is 324 g/mol. The minimum absolute atomic E-state index is 0.0848. The first-order valence-corrected chi connectivity index (χ1v) is 8.56. The quantitative estimate of drug-likeness (QED) is 0.437. The number of esters is 1. The molecule has 3 unspecified atom stereocenters. The molecule has 2 saturated carbocycles. The second-order valence-electron chi connectivity index (χ2n) is 7.26. The Morgan fingerprint density at radius 2 is 1.83 bits per heavy atom. The number of ether oxygens (including phenoxy) is 3. The fourth-order valence-electron chi connectivity index (χ4n) is 4.10. The second-order valence-corrected chi connectivity index (χ2v) is 7.26. The lowest BCUT2D eigenvalue weighted by atomic mass is 9.62. The van der Waals surface area contributed by atoms with Crippen molar-refractivity contribution in [3.8, 4) is 0 Å². The number of rotatable bonds is 4.